The predicted molar refractivity (Wildman–Crippen MR) is 80.9 cm³/mol. The second-order valence-corrected chi connectivity index (χ2v) is 5.02. The number of nitrogens with one attached hydrogen (secondary N) is 2. The summed E-state index contributed by atoms with van der Waals surface area (Å²) in [6.45, 7) is 6.05. The van der Waals surface area contributed by atoms with Gasteiger partial charge in [0.05, 0.1) is 6.61 Å². The second-order valence-electron chi connectivity index (χ2n) is 5.02. The first-order valence-corrected chi connectivity index (χ1v) is 7.26. The van der Waals surface area contributed by atoms with E-state index in [0.29, 0.717) is 12.6 Å². The molecule has 0 radical (unpaired) electrons. The van der Waals surface area contributed by atoms with Gasteiger partial charge in [-0.3, -0.25) is 0 Å². The molecule has 19 heavy (non-hydrogen) atoms. The van der Waals surface area contributed by atoms with E-state index < -0.39 is 0 Å². The van der Waals surface area contributed by atoms with E-state index in [1.165, 1.54) is 18.5 Å². The fourth-order valence-electron chi connectivity index (χ4n) is 2.55. The summed E-state index contributed by atoms with van der Waals surface area (Å²) in [5.74, 6) is 0. The maximum atomic E-state index is 9.03. The van der Waals surface area contributed by atoms with Crippen molar-refractivity contribution in [1.82, 2.24) is 5.32 Å². The van der Waals surface area contributed by atoms with Crippen molar-refractivity contribution in [3.05, 3.63) is 24.3 Å². The molecule has 1 aliphatic rings. The number of nitrogens with zero attached hydrogens (tertiary/aromatic N) is 1. The summed E-state index contributed by atoms with van der Waals surface area (Å²) in [6.07, 6.45) is 2.56. The lowest BCUT2D eigenvalue weighted by Gasteiger charge is -2.22. The Morgan fingerprint density at radius 2 is 2.16 bits per heavy atom. The number of benzene rings is 1. The van der Waals surface area contributed by atoms with Crippen LogP contribution in [0.2, 0.25) is 0 Å². The van der Waals surface area contributed by atoms with Crippen molar-refractivity contribution in [3.8, 4) is 0 Å². The molecule has 1 unspecified atom stereocenters. The predicted octanol–water partition coefficient (Wildman–Crippen LogP) is 1.67. The molecule has 0 saturated carbocycles. The van der Waals surface area contributed by atoms with Gasteiger partial charge in [-0.1, -0.05) is 0 Å². The van der Waals surface area contributed by atoms with Crippen molar-refractivity contribution in [2.75, 3.05) is 43.0 Å². The average Bonchev–Trinajstić information content (AvgIpc) is 2.96. The van der Waals surface area contributed by atoms with Gasteiger partial charge in [-0.15, -0.1) is 0 Å². The molecular formula is C15H25N3O. The molecule has 1 saturated heterocycles. The van der Waals surface area contributed by atoms with Crippen LogP contribution in [0.1, 0.15) is 19.8 Å². The van der Waals surface area contributed by atoms with Crippen LogP contribution in [0.25, 0.3) is 0 Å². The van der Waals surface area contributed by atoms with E-state index in [0.717, 1.165) is 25.3 Å². The highest BCUT2D eigenvalue weighted by molar-refractivity contribution is 5.55. The fraction of sp³-hybridized carbons (Fsp3) is 0.600. The summed E-state index contributed by atoms with van der Waals surface area (Å²) in [4.78, 5) is 2.17. The Labute approximate surface area is 115 Å². The van der Waals surface area contributed by atoms with E-state index in [1.54, 1.807) is 0 Å². The van der Waals surface area contributed by atoms with E-state index >= 15 is 0 Å². The van der Waals surface area contributed by atoms with Crippen LogP contribution in [-0.4, -0.2) is 43.9 Å². The number of anilines is 2. The molecule has 1 aliphatic heterocycles. The summed E-state index contributed by atoms with van der Waals surface area (Å²) in [7, 11) is 0. The maximum absolute atomic E-state index is 9.03. The molecule has 1 atom stereocenters. The van der Waals surface area contributed by atoms with Crippen molar-refractivity contribution in [3.63, 3.8) is 0 Å². The molecule has 0 spiro atoms. The quantitative estimate of drug-likeness (QED) is 0.700. The third-order valence-corrected chi connectivity index (χ3v) is 3.70. The Morgan fingerprint density at radius 1 is 1.37 bits per heavy atom. The lowest BCUT2D eigenvalue weighted by atomic mass is 10.2. The largest absolute Gasteiger partial charge is 0.395 e. The minimum Gasteiger partial charge on any atom is -0.395 e. The molecule has 4 nitrogen and oxygen atoms in total. The summed E-state index contributed by atoms with van der Waals surface area (Å²) in [6, 6.07) is 9.07. The summed E-state index contributed by atoms with van der Waals surface area (Å²) >= 11 is 0. The molecular weight excluding hydrogens is 238 g/mol. The van der Waals surface area contributed by atoms with E-state index in [2.05, 4.69) is 46.7 Å². The molecule has 1 aromatic rings. The third kappa shape index (κ3) is 4.11. The Kier molecular flexibility index (Phi) is 5.48. The first-order valence-electron chi connectivity index (χ1n) is 7.26. The standard InChI is InChI=1S/C15H25N3O/c1-2-18(10-11-19)15-7-5-13(6-8-15)17-12-14-4-3-9-16-14/h5-8,14,16-17,19H,2-4,9-12H2,1H3. The van der Waals surface area contributed by atoms with E-state index in [-0.39, 0.29) is 6.61 Å². The number of rotatable bonds is 7. The van der Waals surface area contributed by atoms with Gasteiger partial charge in [0.15, 0.2) is 0 Å². The third-order valence-electron chi connectivity index (χ3n) is 3.70. The molecule has 0 bridgehead atoms. The van der Waals surface area contributed by atoms with Gasteiger partial charge in [0.2, 0.25) is 0 Å². The monoisotopic (exact) mass is 263 g/mol. The van der Waals surface area contributed by atoms with Gasteiger partial charge in [0, 0.05) is 37.1 Å². The summed E-state index contributed by atoms with van der Waals surface area (Å²) in [5.41, 5.74) is 2.33. The number of hydrogen-bond acceptors (Lipinski definition) is 4. The number of aliphatic hydroxyl groups is 1. The van der Waals surface area contributed by atoms with Crippen LogP contribution in [0.5, 0.6) is 0 Å². The van der Waals surface area contributed by atoms with Gasteiger partial charge in [0.1, 0.15) is 0 Å². The summed E-state index contributed by atoms with van der Waals surface area (Å²) < 4.78 is 0. The lowest BCUT2D eigenvalue weighted by molar-refractivity contribution is 0.302. The molecule has 1 fully saturated rings. The Morgan fingerprint density at radius 3 is 2.74 bits per heavy atom. The highest BCUT2D eigenvalue weighted by Gasteiger charge is 2.13. The molecule has 4 heteroatoms. The number of aliphatic hydroxyl groups excluding tert-OH is 1. The van der Waals surface area contributed by atoms with Gasteiger partial charge >= 0.3 is 0 Å². The molecule has 1 heterocycles. The summed E-state index contributed by atoms with van der Waals surface area (Å²) in [5, 5.41) is 16.0. The highest BCUT2D eigenvalue weighted by atomic mass is 16.3. The first-order chi connectivity index (χ1) is 9.33. The SMILES string of the molecule is CCN(CCO)c1ccc(NCC2CCCN2)cc1. The minimum absolute atomic E-state index is 0.196. The number of hydrogen-bond donors (Lipinski definition) is 3. The molecule has 3 N–H and O–H groups in total. The van der Waals surface area contributed by atoms with E-state index in [4.69, 9.17) is 5.11 Å². The van der Waals surface area contributed by atoms with Crippen LogP contribution in [0.3, 0.4) is 0 Å². The van der Waals surface area contributed by atoms with Crippen molar-refractivity contribution in [1.29, 1.82) is 0 Å². The molecule has 0 aliphatic carbocycles. The zero-order valence-corrected chi connectivity index (χ0v) is 11.7. The van der Waals surface area contributed by atoms with Crippen molar-refractivity contribution < 1.29 is 5.11 Å². The Balaban J connectivity index is 1.86. The van der Waals surface area contributed by atoms with Gasteiger partial charge in [0.25, 0.3) is 0 Å². The van der Waals surface area contributed by atoms with Crippen LogP contribution in [0.15, 0.2) is 24.3 Å². The van der Waals surface area contributed by atoms with E-state index in [1.807, 2.05) is 0 Å². The second kappa shape index (κ2) is 7.36. The van der Waals surface area contributed by atoms with Crippen LogP contribution in [0, 0.1) is 0 Å². The zero-order chi connectivity index (χ0) is 13.5. The first kappa shape index (κ1) is 14.2. The zero-order valence-electron chi connectivity index (χ0n) is 11.7. The molecule has 0 amide bonds. The van der Waals surface area contributed by atoms with Crippen molar-refractivity contribution >= 4 is 11.4 Å². The molecule has 0 aromatic heterocycles. The van der Waals surface area contributed by atoms with Crippen molar-refractivity contribution in [2.24, 2.45) is 0 Å². The molecule has 1 aromatic carbocycles. The lowest BCUT2D eigenvalue weighted by Crippen LogP contribution is -2.29. The van der Waals surface area contributed by atoms with Gasteiger partial charge in [-0.25, -0.2) is 0 Å². The van der Waals surface area contributed by atoms with Gasteiger partial charge in [-0.05, 0) is 50.6 Å². The van der Waals surface area contributed by atoms with Crippen molar-refractivity contribution in [2.45, 2.75) is 25.8 Å². The van der Waals surface area contributed by atoms with Gasteiger partial charge < -0.3 is 20.6 Å². The average molecular weight is 263 g/mol. The normalized spacial score (nSPS) is 18.5. The van der Waals surface area contributed by atoms with E-state index in [9.17, 15) is 0 Å². The maximum Gasteiger partial charge on any atom is 0.0606 e. The molecule has 2 rings (SSSR count). The topological polar surface area (TPSA) is 47.5 Å². The van der Waals surface area contributed by atoms with Crippen LogP contribution in [-0.2, 0) is 0 Å². The Hall–Kier alpha value is -1.26. The van der Waals surface area contributed by atoms with Crippen LogP contribution in [0.4, 0.5) is 11.4 Å². The highest BCUT2D eigenvalue weighted by Crippen LogP contribution is 2.18. The number of likely N-dealkylation sites (N-methyl/N-ethyl adjacent to an activating group) is 1. The fourth-order valence-corrected chi connectivity index (χ4v) is 2.55. The smallest absolute Gasteiger partial charge is 0.0606 e. The van der Waals surface area contributed by atoms with Crippen LogP contribution >= 0.6 is 0 Å². The minimum atomic E-state index is 0.196. The van der Waals surface area contributed by atoms with Gasteiger partial charge in [-0.2, -0.15) is 0 Å². The molecule has 106 valence electrons. The Bertz CT molecular complexity index is 360. The van der Waals surface area contributed by atoms with Crippen LogP contribution < -0.4 is 15.5 Å².